The van der Waals surface area contributed by atoms with Crippen molar-refractivity contribution in [3.63, 3.8) is 0 Å². The summed E-state index contributed by atoms with van der Waals surface area (Å²) in [7, 11) is 1.67. The molecule has 1 aliphatic rings. The molecule has 0 spiro atoms. The Bertz CT molecular complexity index is 227. The summed E-state index contributed by atoms with van der Waals surface area (Å²) in [6, 6.07) is 0. The van der Waals surface area contributed by atoms with E-state index in [1.807, 2.05) is 20.8 Å². The van der Waals surface area contributed by atoms with Crippen LogP contribution in [0.1, 0.15) is 27.2 Å². The van der Waals surface area contributed by atoms with Crippen molar-refractivity contribution < 1.29 is 14.3 Å². The summed E-state index contributed by atoms with van der Waals surface area (Å²) in [6.45, 7) is 6.01. The normalized spacial score (nSPS) is 36.5. The summed E-state index contributed by atoms with van der Waals surface area (Å²) in [5.41, 5.74) is -1.13. The molecule has 1 saturated carbocycles. The second-order valence-electron chi connectivity index (χ2n) is 4.20. The number of hydrogen-bond donors (Lipinski definition) is 0. The Morgan fingerprint density at radius 3 is 2.31 bits per heavy atom. The fourth-order valence-electron chi connectivity index (χ4n) is 1.73. The number of methoxy groups -OCH3 is 1. The highest BCUT2D eigenvalue weighted by Crippen LogP contribution is 2.53. The van der Waals surface area contributed by atoms with E-state index in [0.717, 1.165) is 0 Å². The van der Waals surface area contributed by atoms with Crippen LogP contribution in [-0.2, 0) is 9.47 Å². The van der Waals surface area contributed by atoms with Crippen molar-refractivity contribution in [2.75, 3.05) is 7.11 Å². The Morgan fingerprint density at radius 1 is 1.46 bits per heavy atom. The number of carbonyl (C=O) groups excluding carboxylic acids is 1. The zero-order chi connectivity index (χ0) is 10.3. The fourth-order valence-corrected chi connectivity index (χ4v) is 1.84. The van der Waals surface area contributed by atoms with Gasteiger partial charge in [-0.2, -0.15) is 0 Å². The van der Waals surface area contributed by atoms with Gasteiger partial charge in [0.1, 0.15) is 6.10 Å². The van der Waals surface area contributed by atoms with Crippen LogP contribution in [0.5, 0.6) is 0 Å². The number of carbonyl (C=O) groups is 1. The van der Waals surface area contributed by atoms with Gasteiger partial charge < -0.3 is 9.47 Å². The SMILES string of the molecule is COC1(C)CC(OC(=O)Cl)C1(C)C. The average molecular weight is 207 g/mol. The number of rotatable bonds is 2. The van der Waals surface area contributed by atoms with Crippen LogP contribution in [0.4, 0.5) is 4.79 Å². The van der Waals surface area contributed by atoms with Gasteiger partial charge in [-0.25, -0.2) is 4.79 Å². The highest BCUT2D eigenvalue weighted by atomic mass is 35.5. The van der Waals surface area contributed by atoms with Crippen LogP contribution in [0.25, 0.3) is 0 Å². The van der Waals surface area contributed by atoms with E-state index in [-0.39, 0.29) is 17.1 Å². The van der Waals surface area contributed by atoms with Crippen molar-refractivity contribution >= 4 is 17.0 Å². The van der Waals surface area contributed by atoms with Crippen molar-refractivity contribution in [2.45, 2.75) is 38.9 Å². The van der Waals surface area contributed by atoms with Gasteiger partial charge in [0, 0.05) is 30.5 Å². The smallest absolute Gasteiger partial charge is 0.404 e. The van der Waals surface area contributed by atoms with Gasteiger partial charge in [-0.15, -0.1) is 0 Å². The quantitative estimate of drug-likeness (QED) is 0.652. The van der Waals surface area contributed by atoms with Gasteiger partial charge in [-0.3, -0.25) is 0 Å². The lowest BCUT2D eigenvalue weighted by molar-refractivity contribution is -0.226. The zero-order valence-electron chi connectivity index (χ0n) is 8.39. The molecular weight excluding hydrogens is 192 g/mol. The number of ether oxygens (including phenoxy) is 2. The third kappa shape index (κ3) is 1.55. The molecule has 13 heavy (non-hydrogen) atoms. The molecule has 3 nitrogen and oxygen atoms in total. The van der Waals surface area contributed by atoms with Crippen LogP contribution in [0, 0.1) is 5.41 Å². The lowest BCUT2D eigenvalue weighted by atomic mass is 9.57. The van der Waals surface area contributed by atoms with Crippen molar-refractivity contribution in [1.29, 1.82) is 0 Å². The first-order valence-electron chi connectivity index (χ1n) is 4.25. The minimum absolute atomic E-state index is 0.137. The highest BCUT2D eigenvalue weighted by molar-refractivity contribution is 6.61. The largest absolute Gasteiger partial charge is 0.450 e. The summed E-state index contributed by atoms with van der Waals surface area (Å²) in [4.78, 5) is 10.5. The molecule has 0 aromatic heterocycles. The van der Waals surface area contributed by atoms with Crippen LogP contribution in [0.2, 0.25) is 0 Å². The summed E-state index contributed by atoms with van der Waals surface area (Å²) in [5, 5.41) is 0. The van der Waals surface area contributed by atoms with Gasteiger partial charge in [0.15, 0.2) is 0 Å². The summed E-state index contributed by atoms with van der Waals surface area (Å²) < 4.78 is 10.3. The monoisotopic (exact) mass is 206 g/mol. The zero-order valence-corrected chi connectivity index (χ0v) is 9.14. The van der Waals surface area contributed by atoms with E-state index in [1.165, 1.54) is 0 Å². The molecule has 4 heteroatoms. The van der Waals surface area contributed by atoms with E-state index in [0.29, 0.717) is 6.42 Å². The van der Waals surface area contributed by atoms with Crippen LogP contribution in [0.3, 0.4) is 0 Å². The van der Waals surface area contributed by atoms with Crippen LogP contribution < -0.4 is 0 Å². The third-order valence-corrected chi connectivity index (χ3v) is 3.52. The van der Waals surface area contributed by atoms with Gasteiger partial charge >= 0.3 is 5.43 Å². The molecule has 0 aromatic carbocycles. The van der Waals surface area contributed by atoms with Crippen molar-refractivity contribution in [1.82, 2.24) is 0 Å². The average Bonchev–Trinajstić information content (AvgIpc) is 2.02. The molecule has 0 amide bonds. The number of hydrogen-bond acceptors (Lipinski definition) is 3. The molecule has 1 fully saturated rings. The maximum absolute atomic E-state index is 10.5. The third-order valence-electron chi connectivity index (χ3n) is 3.43. The summed E-state index contributed by atoms with van der Waals surface area (Å²) in [6.07, 6.45) is 0.567. The van der Waals surface area contributed by atoms with E-state index in [9.17, 15) is 4.79 Å². The predicted octanol–water partition coefficient (Wildman–Crippen LogP) is 2.57. The van der Waals surface area contributed by atoms with Gasteiger partial charge in [0.05, 0.1) is 5.60 Å². The molecule has 0 aliphatic heterocycles. The Hall–Kier alpha value is -0.280. The topological polar surface area (TPSA) is 35.5 Å². The molecule has 2 unspecified atom stereocenters. The van der Waals surface area contributed by atoms with Gasteiger partial charge in [-0.1, -0.05) is 13.8 Å². The Labute approximate surface area is 83.3 Å². The van der Waals surface area contributed by atoms with E-state index in [1.54, 1.807) is 7.11 Å². The maximum atomic E-state index is 10.5. The van der Waals surface area contributed by atoms with Gasteiger partial charge in [-0.05, 0) is 6.92 Å². The standard InChI is InChI=1S/C9H15ClO3/c1-8(2)6(13-7(10)11)5-9(8,3)12-4/h6H,5H2,1-4H3. The molecular formula is C9H15ClO3. The van der Waals surface area contributed by atoms with Gasteiger partial charge in [0.25, 0.3) is 0 Å². The maximum Gasteiger partial charge on any atom is 0.404 e. The fraction of sp³-hybridized carbons (Fsp3) is 0.889. The molecule has 0 N–H and O–H groups in total. The molecule has 76 valence electrons. The van der Waals surface area contributed by atoms with Crippen molar-refractivity contribution in [3.05, 3.63) is 0 Å². The van der Waals surface area contributed by atoms with E-state index in [2.05, 4.69) is 0 Å². The van der Waals surface area contributed by atoms with E-state index in [4.69, 9.17) is 21.1 Å². The molecule has 2 atom stereocenters. The first-order valence-corrected chi connectivity index (χ1v) is 4.62. The predicted molar refractivity (Wildman–Crippen MR) is 49.9 cm³/mol. The van der Waals surface area contributed by atoms with Crippen LogP contribution in [-0.4, -0.2) is 24.2 Å². The lowest BCUT2D eigenvalue weighted by Gasteiger charge is -2.57. The van der Waals surface area contributed by atoms with Crippen LogP contribution in [0.15, 0.2) is 0 Å². The van der Waals surface area contributed by atoms with Gasteiger partial charge in [0.2, 0.25) is 0 Å². The molecule has 0 aromatic rings. The van der Waals surface area contributed by atoms with E-state index < -0.39 is 5.43 Å². The molecule has 1 rings (SSSR count). The van der Waals surface area contributed by atoms with Crippen LogP contribution >= 0.6 is 11.6 Å². The Morgan fingerprint density at radius 2 is 2.00 bits per heavy atom. The lowest BCUT2D eigenvalue weighted by Crippen LogP contribution is -2.64. The Kier molecular flexibility index (Phi) is 2.61. The van der Waals surface area contributed by atoms with Crippen molar-refractivity contribution in [2.24, 2.45) is 5.41 Å². The molecule has 0 radical (unpaired) electrons. The molecule has 1 aliphatic carbocycles. The second kappa shape index (κ2) is 3.14. The Balaban J connectivity index is 2.64. The van der Waals surface area contributed by atoms with E-state index >= 15 is 0 Å². The molecule has 0 bridgehead atoms. The second-order valence-corrected chi connectivity index (χ2v) is 4.51. The highest BCUT2D eigenvalue weighted by Gasteiger charge is 2.59. The first-order chi connectivity index (χ1) is 5.83. The summed E-state index contributed by atoms with van der Waals surface area (Å²) in [5.74, 6) is 0. The number of halogens is 1. The molecule has 0 saturated heterocycles. The summed E-state index contributed by atoms with van der Waals surface area (Å²) >= 11 is 5.15. The minimum Gasteiger partial charge on any atom is -0.450 e. The first kappa shape index (κ1) is 10.8. The van der Waals surface area contributed by atoms with Crippen molar-refractivity contribution in [3.8, 4) is 0 Å². The molecule has 0 heterocycles. The minimum atomic E-state index is -0.740.